The van der Waals surface area contributed by atoms with Gasteiger partial charge in [-0.1, -0.05) is 80.6 Å². The van der Waals surface area contributed by atoms with E-state index in [9.17, 15) is 33.6 Å². The van der Waals surface area contributed by atoms with Gasteiger partial charge >= 0.3 is 0 Å². The first-order valence-corrected chi connectivity index (χ1v) is 23.7. The molecule has 1 aromatic heterocycles. The van der Waals surface area contributed by atoms with Crippen molar-refractivity contribution in [1.29, 1.82) is 0 Å². The lowest BCUT2D eigenvalue weighted by Gasteiger charge is -2.33. The van der Waals surface area contributed by atoms with E-state index in [1.165, 1.54) is 11.8 Å². The fraction of sp³-hybridized carbons (Fsp3) is 0.532. The average Bonchev–Trinajstić information content (AvgIpc) is 3.90. The number of nitrogens with one attached hydrogen (secondary N) is 7. The van der Waals surface area contributed by atoms with Crippen molar-refractivity contribution in [3.63, 3.8) is 0 Å². The largest absolute Gasteiger partial charge is 0.370 e. The molecule has 3 fully saturated rings. The number of carbonyl (C=O) groups is 7. The Morgan fingerprint density at radius 3 is 2.27 bits per heavy atom. The zero-order valence-corrected chi connectivity index (χ0v) is 38.5. The number of para-hydroxylation sites is 1. The molecule has 3 heterocycles. The molecule has 19 heteroatoms. The van der Waals surface area contributed by atoms with Crippen LogP contribution in [0.25, 0.3) is 10.9 Å². The summed E-state index contributed by atoms with van der Waals surface area (Å²) in [6.45, 7) is 1.70. The van der Waals surface area contributed by atoms with Gasteiger partial charge in [-0.05, 0) is 61.6 Å². The molecular formula is C47H65N11O7S. The van der Waals surface area contributed by atoms with Crippen LogP contribution in [0, 0.1) is 5.92 Å². The average molecular weight is 928 g/mol. The molecule has 3 aliphatic rings. The number of hydrogen-bond donors (Lipinski definition) is 10. The summed E-state index contributed by atoms with van der Waals surface area (Å²) >= 11 is 4.76. The molecular weight excluding hydrogens is 863 g/mol. The van der Waals surface area contributed by atoms with Crippen molar-refractivity contribution in [2.75, 3.05) is 19.6 Å². The second-order valence-electron chi connectivity index (χ2n) is 17.7. The van der Waals surface area contributed by atoms with Gasteiger partial charge < -0.3 is 53.3 Å². The number of nitrogens with two attached hydrogens (primary N) is 2. The molecule has 0 unspecified atom stereocenters. The number of guanidine groups is 1. The van der Waals surface area contributed by atoms with Crippen LogP contribution in [0.5, 0.6) is 0 Å². The molecule has 3 aromatic rings. The Labute approximate surface area is 390 Å². The number of aliphatic imine (C=N–C) groups is 1. The predicted molar refractivity (Wildman–Crippen MR) is 254 cm³/mol. The first-order chi connectivity index (χ1) is 31.8. The molecule has 2 aliphatic heterocycles. The summed E-state index contributed by atoms with van der Waals surface area (Å²) in [5, 5.41) is 17.5. The van der Waals surface area contributed by atoms with Gasteiger partial charge in [-0.15, -0.1) is 0 Å². The number of rotatable bonds is 13. The summed E-state index contributed by atoms with van der Waals surface area (Å²) in [5.41, 5.74) is 13.5. The molecule has 0 bridgehead atoms. The van der Waals surface area contributed by atoms with Crippen molar-refractivity contribution in [1.82, 2.24) is 41.8 Å². The Kier molecular flexibility index (Phi) is 17.9. The lowest BCUT2D eigenvalue weighted by Crippen LogP contribution is -2.61. The topological polar surface area (TPSA) is 275 Å². The first-order valence-electron chi connectivity index (χ1n) is 23.2. The third kappa shape index (κ3) is 13.7. The van der Waals surface area contributed by atoms with Crippen molar-refractivity contribution < 1.29 is 33.6 Å². The van der Waals surface area contributed by atoms with Gasteiger partial charge in [0, 0.05) is 61.7 Å². The van der Waals surface area contributed by atoms with Gasteiger partial charge in [-0.25, -0.2) is 0 Å². The number of aromatic amines is 1. The van der Waals surface area contributed by atoms with E-state index in [0.29, 0.717) is 19.3 Å². The normalized spacial score (nSPS) is 24.4. The summed E-state index contributed by atoms with van der Waals surface area (Å²) in [5.74, 6) is -3.84. The van der Waals surface area contributed by atoms with Crippen LogP contribution in [0.3, 0.4) is 0 Å². The maximum Gasteiger partial charge on any atom is 0.245 e. The van der Waals surface area contributed by atoms with E-state index in [1.54, 1.807) is 6.20 Å². The van der Waals surface area contributed by atoms with E-state index >= 15 is 0 Å². The zero-order valence-electron chi connectivity index (χ0n) is 37.6. The number of aromatic nitrogens is 1. The highest BCUT2D eigenvalue weighted by Gasteiger charge is 2.44. The second-order valence-corrected chi connectivity index (χ2v) is 18.4. The molecule has 11 N–H and O–H groups in total. The van der Waals surface area contributed by atoms with Gasteiger partial charge in [0.2, 0.25) is 41.4 Å². The van der Waals surface area contributed by atoms with Crippen LogP contribution < -0.4 is 43.4 Å². The Morgan fingerprint density at radius 1 is 0.833 bits per heavy atom. The summed E-state index contributed by atoms with van der Waals surface area (Å²) in [7, 11) is 0. The molecule has 1 aliphatic carbocycles. The van der Waals surface area contributed by atoms with E-state index < -0.39 is 82.9 Å². The van der Waals surface area contributed by atoms with E-state index in [-0.39, 0.29) is 63.6 Å². The molecule has 356 valence electrons. The molecule has 6 rings (SSSR count). The lowest BCUT2D eigenvalue weighted by atomic mass is 9.84. The highest BCUT2D eigenvalue weighted by atomic mass is 32.1. The van der Waals surface area contributed by atoms with Crippen LogP contribution in [-0.4, -0.2) is 118 Å². The molecule has 0 spiro atoms. The predicted octanol–water partition coefficient (Wildman–Crippen LogP) is 1.23. The fourth-order valence-electron chi connectivity index (χ4n) is 9.31. The molecule has 66 heavy (non-hydrogen) atoms. The van der Waals surface area contributed by atoms with Gasteiger partial charge in [-0.3, -0.25) is 38.6 Å². The van der Waals surface area contributed by atoms with E-state index in [4.69, 9.17) is 24.1 Å². The van der Waals surface area contributed by atoms with Crippen LogP contribution in [0.4, 0.5) is 0 Å². The summed E-state index contributed by atoms with van der Waals surface area (Å²) in [6.07, 6.45) is 8.17. The van der Waals surface area contributed by atoms with Crippen LogP contribution in [0.2, 0.25) is 0 Å². The van der Waals surface area contributed by atoms with Gasteiger partial charge in [0.15, 0.2) is 5.96 Å². The van der Waals surface area contributed by atoms with Gasteiger partial charge in [0.1, 0.15) is 36.3 Å². The third-order valence-corrected chi connectivity index (χ3v) is 13.3. The maximum absolute atomic E-state index is 14.7. The second kappa shape index (κ2) is 23.9. The number of H-pyrrole nitrogens is 1. The van der Waals surface area contributed by atoms with Gasteiger partial charge in [-0.2, -0.15) is 12.6 Å². The van der Waals surface area contributed by atoms with Crippen molar-refractivity contribution in [3.05, 3.63) is 71.9 Å². The van der Waals surface area contributed by atoms with Crippen LogP contribution in [0.15, 0.2) is 65.8 Å². The Bertz CT molecular complexity index is 2210. The highest BCUT2D eigenvalue weighted by Crippen LogP contribution is 2.29. The number of carbonyl (C=O) groups excluding carboxylic acids is 7. The first kappa shape index (κ1) is 49.3. The minimum atomic E-state index is -1.17. The number of nitrogens with zero attached hydrogens (tertiary/aromatic N) is 2. The summed E-state index contributed by atoms with van der Waals surface area (Å²) in [6, 6.07) is 10.1. The van der Waals surface area contributed by atoms with E-state index in [1.807, 2.05) is 54.6 Å². The quantitative estimate of drug-likeness (QED) is 0.0511. The smallest absolute Gasteiger partial charge is 0.245 e. The van der Waals surface area contributed by atoms with Crippen molar-refractivity contribution in [2.24, 2.45) is 22.4 Å². The molecule has 1 saturated carbocycles. The Morgan fingerprint density at radius 2 is 1.53 bits per heavy atom. The molecule has 7 amide bonds. The Balaban J connectivity index is 1.33. The van der Waals surface area contributed by atoms with E-state index in [2.05, 4.69) is 41.9 Å². The molecule has 18 nitrogen and oxygen atoms in total. The van der Waals surface area contributed by atoms with Crippen molar-refractivity contribution in [3.8, 4) is 0 Å². The molecule has 2 saturated heterocycles. The molecule has 2 aromatic carbocycles. The fourth-order valence-corrected chi connectivity index (χ4v) is 9.72. The van der Waals surface area contributed by atoms with Crippen molar-refractivity contribution in [2.45, 2.75) is 132 Å². The minimum Gasteiger partial charge on any atom is -0.370 e. The summed E-state index contributed by atoms with van der Waals surface area (Å²) in [4.78, 5) is 107. The number of benzene rings is 2. The monoisotopic (exact) mass is 927 g/mol. The number of thiol groups is 1. The Hall–Kier alpha value is -6.11. The van der Waals surface area contributed by atoms with Crippen LogP contribution in [-0.2, 0) is 46.4 Å². The number of hydrogen-bond acceptors (Lipinski definition) is 9. The summed E-state index contributed by atoms with van der Waals surface area (Å²) < 4.78 is 0. The number of fused-ring (bicyclic) bond motifs is 2. The molecule has 7 atom stereocenters. The minimum absolute atomic E-state index is 0.0476. The van der Waals surface area contributed by atoms with E-state index in [0.717, 1.165) is 54.1 Å². The SMILES string of the molecule is CC(=O)N[C@@H](Cc1ccccc1)C(=O)N[C@H]1CCCNC(=O)[C@H](CCCN=C(N)N)NC(=O)[C@H](Cc2c[nH]c3ccccc23)NC(=O)[C@@H](CC2CCCCC2)NC(=O)[C@@H]2[C@@H](S)CCN2C1=O. The maximum atomic E-state index is 14.7. The number of amides is 7. The van der Waals surface area contributed by atoms with Crippen LogP contribution >= 0.6 is 12.6 Å². The zero-order chi connectivity index (χ0) is 47.2. The van der Waals surface area contributed by atoms with Crippen LogP contribution in [0.1, 0.15) is 88.7 Å². The lowest BCUT2D eigenvalue weighted by molar-refractivity contribution is -0.142. The highest BCUT2D eigenvalue weighted by molar-refractivity contribution is 7.81. The van der Waals surface area contributed by atoms with Crippen molar-refractivity contribution >= 4 is 70.8 Å². The molecule has 0 radical (unpaired) electrons. The van der Waals surface area contributed by atoms with Gasteiger partial charge in [0.25, 0.3) is 0 Å². The standard InChI is InChI=1S/C47H65N11O7S/c1-28(59)53-36(24-29-12-4-2-5-13-29)42(61)55-35-19-11-21-50-41(60)34(18-10-22-51-47(48)49)54-44(63)38(26-31-27-52-33-17-9-8-16-32(31)33)56-43(62)37(25-30-14-6-3-7-15-30)57-45(64)40-39(66)20-23-58(40)46(35)65/h2,4-5,8-9,12-13,16-17,27,30,34-40,52,66H,3,6-7,10-11,14-15,18-26H2,1H3,(H,50,60)(H,53,59)(H,54,63)(H,55,61)(H,56,62)(H,57,64)(H4,48,49,51)/t34-,35-,36-,37+,38-,39-,40-/m0/s1. The van der Waals surface area contributed by atoms with Gasteiger partial charge in [0.05, 0.1) is 0 Å². The third-order valence-electron chi connectivity index (χ3n) is 12.7.